The number of thiophene rings is 2. The maximum atomic E-state index is 12.1. The van der Waals surface area contributed by atoms with Crippen LogP contribution < -0.4 is 0 Å². The Morgan fingerprint density at radius 3 is 2.76 bits per heavy atom. The first kappa shape index (κ1) is 12.5. The molecule has 2 rings (SSSR count). The first-order chi connectivity index (χ1) is 7.87. The number of hydrogen-bond donors (Lipinski definition) is 1. The maximum Gasteiger partial charge on any atom is 0.263 e. The summed E-state index contributed by atoms with van der Waals surface area (Å²) in [7, 11) is 1.72. The van der Waals surface area contributed by atoms with Gasteiger partial charge < -0.3 is 10.0 Å². The van der Waals surface area contributed by atoms with Gasteiger partial charge in [-0.1, -0.05) is 0 Å². The minimum Gasteiger partial charge on any atom is -0.389 e. The Labute approximate surface area is 108 Å². The molecule has 0 spiro atoms. The molecule has 0 saturated carbocycles. The number of hydrogen-bond acceptors (Lipinski definition) is 4. The molecular weight excluding hydrogens is 254 g/mol. The van der Waals surface area contributed by atoms with Gasteiger partial charge in [0.2, 0.25) is 0 Å². The second-order valence-electron chi connectivity index (χ2n) is 4.73. The van der Waals surface area contributed by atoms with Gasteiger partial charge in [-0.3, -0.25) is 4.79 Å². The SMILES string of the molecule is CN(CC(C)(C)O)C(=O)c1cc2sccc2s1. The lowest BCUT2D eigenvalue weighted by molar-refractivity contribution is 0.0370. The van der Waals surface area contributed by atoms with Crippen LogP contribution in [0.15, 0.2) is 17.5 Å². The standard InChI is InChI=1S/C12H15NO2S2/c1-12(2,15)7-13(3)11(14)10-6-9-8(17-10)4-5-16-9/h4-6,15H,7H2,1-3H3. The number of nitrogens with zero attached hydrogens (tertiary/aromatic N) is 1. The monoisotopic (exact) mass is 269 g/mol. The third-order valence-electron chi connectivity index (χ3n) is 2.32. The summed E-state index contributed by atoms with van der Waals surface area (Å²) in [6.45, 7) is 3.73. The van der Waals surface area contributed by atoms with Crippen LogP contribution in [0.5, 0.6) is 0 Å². The van der Waals surface area contributed by atoms with Crippen molar-refractivity contribution < 1.29 is 9.90 Å². The van der Waals surface area contributed by atoms with Crippen molar-refractivity contribution in [2.24, 2.45) is 0 Å². The number of rotatable bonds is 3. The lowest BCUT2D eigenvalue weighted by Gasteiger charge is -2.25. The van der Waals surface area contributed by atoms with Gasteiger partial charge in [0.25, 0.3) is 5.91 Å². The molecule has 2 aromatic heterocycles. The molecule has 92 valence electrons. The Hall–Kier alpha value is -0.910. The van der Waals surface area contributed by atoms with E-state index in [0.29, 0.717) is 6.54 Å². The van der Waals surface area contributed by atoms with Gasteiger partial charge in [-0.15, -0.1) is 22.7 Å². The van der Waals surface area contributed by atoms with E-state index in [1.165, 1.54) is 11.3 Å². The van der Waals surface area contributed by atoms with E-state index in [1.807, 2.05) is 17.5 Å². The highest BCUT2D eigenvalue weighted by Gasteiger charge is 2.21. The number of carbonyl (C=O) groups excluding carboxylic acids is 1. The zero-order chi connectivity index (χ0) is 12.6. The molecule has 5 heteroatoms. The summed E-state index contributed by atoms with van der Waals surface area (Å²) in [5, 5.41) is 11.7. The van der Waals surface area contributed by atoms with E-state index in [9.17, 15) is 9.90 Å². The third-order valence-corrected chi connectivity index (χ3v) is 4.40. The molecule has 3 nitrogen and oxygen atoms in total. The Kier molecular flexibility index (Phi) is 3.25. The topological polar surface area (TPSA) is 40.5 Å². The highest BCUT2D eigenvalue weighted by atomic mass is 32.1. The number of amides is 1. The minimum absolute atomic E-state index is 0.0273. The van der Waals surface area contributed by atoms with Crippen LogP contribution in [0.2, 0.25) is 0 Å². The average Bonchev–Trinajstić information content (AvgIpc) is 2.72. The number of aliphatic hydroxyl groups is 1. The highest BCUT2D eigenvalue weighted by Crippen LogP contribution is 2.30. The van der Waals surface area contributed by atoms with Gasteiger partial charge in [0.05, 0.1) is 10.5 Å². The molecule has 0 atom stereocenters. The predicted molar refractivity (Wildman–Crippen MR) is 73.0 cm³/mol. The summed E-state index contributed by atoms with van der Waals surface area (Å²) in [6.07, 6.45) is 0. The molecule has 0 aliphatic heterocycles. The number of fused-ring (bicyclic) bond motifs is 1. The summed E-state index contributed by atoms with van der Waals surface area (Å²) < 4.78 is 2.30. The van der Waals surface area contributed by atoms with E-state index in [2.05, 4.69) is 0 Å². The van der Waals surface area contributed by atoms with Crippen LogP contribution in [-0.2, 0) is 0 Å². The predicted octanol–water partition coefficient (Wildman–Crippen LogP) is 2.81. The molecule has 0 aliphatic rings. The Morgan fingerprint density at radius 2 is 2.18 bits per heavy atom. The summed E-state index contributed by atoms with van der Waals surface area (Å²) in [6, 6.07) is 3.95. The van der Waals surface area contributed by atoms with Crippen LogP contribution in [0.4, 0.5) is 0 Å². The van der Waals surface area contributed by atoms with Crippen molar-refractivity contribution in [3.8, 4) is 0 Å². The highest BCUT2D eigenvalue weighted by molar-refractivity contribution is 7.27. The first-order valence-corrected chi connectivity index (χ1v) is 7.01. The Morgan fingerprint density at radius 1 is 1.47 bits per heavy atom. The van der Waals surface area contributed by atoms with Crippen LogP contribution in [0.3, 0.4) is 0 Å². The second-order valence-corrected chi connectivity index (χ2v) is 6.76. The summed E-state index contributed by atoms with van der Waals surface area (Å²) in [4.78, 5) is 14.4. The van der Waals surface area contributed by atoms with Crippen molar-refractivity contribution in [3.05, 3.63) is 22.4 Å². The van der Waals surface area contributed by atoms with Crippen LogP contribution in [0.1, 0.15) is 23.5 Å². The zero-order valence-corrected chi connectivity index (χ0v) is 11.7. The zero-order valence-electron chi connectivity index (χ0n) is 10.1. The largest absolute Gasteiger partial charge is 0.389 e. The molecule has 2 aromatic rings. The van der Waals surface area contributed by atoms with Crippen molar-refractivity contribution in [1.29, 1.82) is 0 Å². The van der Waals surface area contributed by atoms with Gasteiger partial charge >= 0.3 is 0 Å². The molecule has 0 bridgehead atoms. The van der Waals surface area contributed by atoms with Crippen LogP contribution in [-0.4, -0.2) is 35.1 Å². The first-order valence-electron chi connectivity index (χ1n) is 5.32. The van der Waals surface area contributed by atoms with Crippen molar-refractivity contribution in [2.75, 3.05) is 13.6 Å². The second kappa shape index (κ2) is 4.40. The van der Waals surface area contributed by atoms with E-state index < -0.39 is 5.60 Å². The smallest absolute Gasteiger partial charge is 0.263 e. The van der Waals surface area contributed by atoms with E-state index in [1.54, 1.807) is 37.1 Å². The maximum absolute atomic E-state index is 12.1. The van der Waals surface area contributed by atoms with Crippen molar-refractivity contribution in [1.82, 2.24) is 4.90 Å². The molecule has 2 heterocycles. The summed E-state index contributed by atoms with van der Waals surface area (Å²) >= 11 is 3.14. The van der Waals surface area contributed by atoms with Crippen LogP contribution in [0.25, 0.3) is 9.40 Å². The molecule has 17 heavy (non-hydrogen) atoms. The molecule has 0 aliphatic carbocycles. The van der Waals surface area contributed by atoms with Crippen LogP contribution in [0, 0.1) is 0 Å². The van der Waals surface area contributed by atoms with Gasteiger partial charge in [-0.05, 0) is 31.4 Å². The third kappa shape index (κ3) is 2.86. The molecular formula is C12H15NO2S2. The molecule has 0 radical (unpaired) electrons. The number of likely N-dealkylation sites (N-methyl/N-ethyl adjacent to an activating group) is 1. The van der Waals surface area contributed by atoms with Crippen molar-refractivity contribution in [3.63, 3.8) is 0 Å². The Balaban J connectivity index is 2.17. The molecule has 1 N–H and O–H groups in total. The average molecular weight is 269 g/mol. The number of carbonyl (C=O) groups is 1. The van der Waals surface area contributed by atoms with Gasteiger partial charge in [-0.25, -0.2) is 0 Å². The van der Waals surface area contributed by atoms with Crippen LogP contribution >= 0.6 is 22.7 Å². The molecule has 1 amide bonds. The van der Waals surface area contributed by atoms with Gasteiger partial charge in [0.15, 0.2) is 0 Å². The van der Waals surface area contributed by atoms with Gasteiger partial charge in [-0.2, -0.15) is 0 Å². The Bertz CT molecular complexity index is 507. The molecule has 0 fully saturated rings. The normalized spacial score (nSPS) is 12.0. The lowest BCUT2D eigenvalue weighted by atomic mass is 10.1. The quantitative estimate of drug-likeness (QED) is 0.931. The summed E-state index contributed by atoms with van der Waals surface area (Å²) in [5.41, 5.74) is -0.862. The molecule has 0 saturated heterocycles. The lowest BCUT2D eigenvalue weighted by Crippen LogP contribution is -2.39. The van der Waals surface area contributed by atoms with Gasteiger partial charge in [0.1, 0.15) is 0 Å². The fourth-order valence-corrected chi connectivity index (χ4v) is 3.81. The van der Waals surface area contributed by atoms with E-state index in [0.717, 1.165) is 14.3 Å². The fourth-order valence-electron chi connectivity index (χ4n) is 1.71. The van der Waals surface area contributed by atoms with Gasteiger partial charge in [0, 0.05) is 23.0 Å². The molecule has 0 aromatic carbocycles. The van der Waals surface area contributed by atoms with E-state index in [4.69, 9.17) is 0 Å². The summed E-state index contributed by atoms with van der Waals surface area (Å²) in [5.74, 6) is -0.0273. The minimum atomic E-state index is -0.862. The fraction of sp³-hybridized carbons (Fsp3) is 0.417. The van der Waals surface area contributed by atoms with Crippen molar-refractivity contribution in [2.45, 2.75) is 19.4 Å². The van der Waals surface area contributed by atoms with E-state index >= 15 is 0 Å². The van der Waals surface area contributed by atoms with Crippen molar-refractivity contribution >= 4 is 38.0 Å². The molecule has 0 unspecified atom stereocenters. The van der Waals surface area contributed by atoms with E-state index in [-0.39, 0.29) is 5.91 Å².